The number of carboxylic acids is 1. The van der Waals surface area contributed by atoms with E-state index in [1.54, 1.807) is 6.92 Å². The number of hydrogen-bond acceptors (Lipinski definition) is 4. The highest BCUT2D eigenvalue weighted by molar-refractivity contribution is 9.10. The lowest BCUT2D eigenvalue weighted by atomic mass is 9.81. The van der Waals surface area contributed by atoms with Crippen LogP contribution in [0, 0.1) is 6.92 Å². The molecule has 0 heterocycles. The number of hydrogen-bond donors (Lipinski definition) is 3. The topological polar surface area (TPSA) is 104 Å². The average Bonchev–Trinajstić information content (AvgIpc) is 2.36. The van der Waals surface area contributed by atoms with Gasteiger partial charge in [-0.25, -0.2) is 17.9 Å². The highest BCUT2D eigenvalue weighted by Gasteiger charge is 2.36. The molecule has 0 bridgehead atoms. The van der Waals surface area contributed by atoms with Crippen molar-refractivity contribution in [3.63, 3.8) is 0 Å². The molecule has 21 heavy (non-hydrogen) atoms. The van der Waals surface area contributed by atoms with E-state index in [4.69, 9.17) is 5.11 Å². The van der Waals surface area contributed by atoms with Gasteiger partial charge in [-0.05, 0) is 59.8 Å². The number of halogens is 1. The van der Waals surface area contributed by atoms with Gasteiger partial charge in [0.05, 0.1) is 16.1 Å². The fraction of sp³-hybridized carbons (Fsp3) is 0.462. The van der Waals surface area contributed by atoms with Crippen LogP contribution in [0.1, 0.15) is 35.2 Å². The fourth-order valence-electron chi connectivity index (χ4n) is 2.12. The van der Waals surface area contributed by atoms with Crippen LogP contribution in [0.5, 0.6) is 0 Å². The number of carbonyl (C=O) groups is 1. The Hall–Kier alpha value is -0.960. The smallest absolute Gasteiger partial charge is 0.335 e. The van der Waals surface area contributed by atoms with E-state index in [1.807, 2.05) is 0 Å². The van der Waals surface area contributed by atoms with Crippen molar-refractivity contribution in [3.05, 3.63) is 27.7 Å². The van der Waals surface area contributed by atoms with Crippen molar-refractivity contribution in [3.8, 4) is 0 Å². The fourth-order valence-corrected chi connectivity index (χ4v) is 4.29. The third-order valence-corrected chi connectivity index (χ3v) is 6.37. The van der Waals surface area contributed by atoms with E-state index in [9.17, 15) is 18.3 Å². The maximum absolute atomic E-state index is 12.3. The Kier molecular flexibility index (Phi) is 4.44. The molecule has 0 radical (unpaired) electrons. The van der Waals surface area contributed by atoms with Crippen molar-refractivity contribution in [2.75, 3.05) is 6.54 Å². The summed E-state index contributed by atoms with van der Waals surface area (Å²) in [5, 5.41) is 19.0. The first-order chi connectivity index (χ1) is 9.65. The summed E-state index contributed by atoms with van der Waals surface area (Å²) in [6.45, 7) is 1.55. The number of aromatic carboxylic acids is 1. The van der Waals surface area contributed by atoms with E-state index >= 15 is 0 Å². The first-order valence-corrected chi connectivity index (χ1v) is 8.68. The molecule has 116 valence electrons. The van der Waals surface area contributed by atoms with Crippen LogP contribution in [0.25, 0.3) is 0 Å². The Balaban J connectivity index is 2.32. The normalized spacial score (nSPS) is 17.3. The molecule has 0 atom stereocenters. The van der Waals surface area contributed by atoms with Crippen molar-refractivity contribution >= 4 is 31.9 Å². The Bertz CT molecular complexity index is 682. The SMILES string of the molecule is Cc1cc(C(=O)O)cc(S(=O)(=O)NCC2(O)CCC2)c1Br. The van der Waals surface area contributed by atoms with Crippen molar-refractivity contribution in [2.45, 2.75) is 36.7 Å². The van der Waals surface area contributed by atoms with Gasteiger partial charge in [0.1, 0.15) is 0 Å². The molecular formula is C13H16BrNO5S. The Morgan fingerprint density at radius 2 is 2.05 bits per heavy atom. The lowest BCUT2D eigenvalue weighted by Gasteiger charge is -2.36. The molecule has 1 aromatic rings. The molecule has 1 aromatic carbocycles. The summed E-state index contributed by atoms with van der Waals surface area (Å²) in [4.78, 5) is 10.9. The van der Waals surface area contributed by atoms with Crippen LogP contribution in [0.15, 0.2) is 21.5 Å². The summed E-state index contributed by atoms with van der Waals surface area (Å²) in [5.74, 6) is -1.19. The number of aliphatic hydroxyl groups is 1. The molecule has 0 amide bonds. The van der Waals surface area contributed by atoms with E-state index in [-0.39, 0.29) is 17.0 Å². The molecule has 0 spiro atoms. The minimum Gasteiger partial charge on any atom is -0.478 e. The summed E-state index contributed by atoms with van der Waals surface area (Å²) in [7, 11) is -3.90. The van der Waals surface area contributed by atoms with E-state index < -0.39 is 21.6 Å². The van der Waals surface area contributed by atoms with Crippen LogP contribution < -0.4 is 4.72 Å². The Morgan fingerprint density at radius 3 is 2.52 bits per heavy atom. The number of sulfonamides is 1. The van der Waals surface area contributed by atoms with Gasteiger partial charge in [0.15, 0.2) is 0 Å². The Morgan fingerprint density at radius 1 is 1.43 bits per heavy atom. The third-order valence-electron chi connectivity index (χ3n) is 3.63. The number of aryl methyl sites for hydroxylation is 1. The molecule has 1 aliphatic rings. The molecule has 2 rings (SSSR count). The van der Waals surface area contributed by atoms with E-state index in [0.29, 0.717) is 22.9 Å². The molecule has 0 unspecified atom stereocenters. The van der Waals surface area contributed by atoms with Gasteiger partial charge in [-0.1, -0.05) is 0 Å². The summed E-state index contributed by atoms with van der Waals surface area (Å²) in [5.41, 5.74) is -0.574. The van der Waals surface area contributed by atoms with Crippen LogP contribution in [-0.2, 0) is 10.0 Å². The number of rotatable bonds is 5. The summed E-state index contributed by atoms with van der Waals surface area (Å²) in [6, 6.07) is 2.50. The minimum absolute atomic E-state index is 0.0713. The van der Waals surface area contributed by atoms with E-state index in [0.717, 1.165) is 12.5 Å². The molecule has 0 aromatic heterocycles. The second kappa shape index (κ2) is 5.68. The number of benzene rings is 1. The molecule has 3 N–H and O–H groups in total. The van der Waals surface area contributed by atoms with E-state index in [1.165, 1.54) is 6.07 Å². The van der Waals surface area contributed by atoms with Crippen LogP contribution in [0.3, 0.4) is 0 Å². The lowest BCUT2D eigenvalue weighted by molar-refractivity contribution is -0.0271. The molecule has 1 aliphatic carbocycles. The van der Waals surface area contributed by atoms with Gasteiger partial charge in [-0.15, -0.1) is 0 Å². The van der Waals surface area contributed by atoms with Crippen molar-refractivity contribution < 1.29 is 23.4 Å². The standard InChI is InChI=1S/C13H16BrNO5S/c1-8-5-9(12(16)17)6-10(11(8)14)21(19,20)15-7-13(18)3-2-4-13/h5-6,15,18H,2-4,7H2,1H3,(H,16,17). The van der Waals surface area contributed by atoms with Gasteiger partial charge in [-0.2, -0.15) is 0 Å². The maximum atomic E-state index is 12.3. The van der Waals surface area contributed by atoms with Crippen molar-refractivity contribution in [1.82, 2.24) is 4.72 Å². The van der Waals surface area contributed by atoms with Crippen molar-refractivity contribution in [1.29, 1.82) is 0 Å². The second-order valence-corrected chi connectivity index (χ2v) is 7.84. The number of carboxylic acid groups (broad SMARTS) is 1. The molecule has 0 saturated heterocycles. The molecule has 6 nitrogen and oxygen atoms in total. The largest absolute Gasteiger partial charge is 0.478 e. The summed E-state index contributed by atoms with van der Waals surface area (Å²) >= 11 is 3.18. The zero-order chi connectivity index (χ0) is 15.8. The summed E-state index contributed by atoms with van der Waals surface area (Å²) in [6.07, 6.45) is 1.99. The highest BCUT2D eigenvalue weighted by atomic mass is 79.9. The van der Waals surface area contributed by atoms with Crippen LogP contribution in [-0.4, -0.2) is 36.7 Å². The highest BCUT2D eigenvalue weighted by Crippen LogP contribution is 2.32. The van der Waals surface area contributed by atoms with E-state index in [2.05, 4.69) is 20.7 Å². The molecule has 1 saturated carbocycles. The van der Waals surface area contributed by atoms with Crippen LogP contribution >= 0.6 is 15.9 Å². The predicted molar refractivity (Wildman–Crippen MR) is 79.8 cm³/mol. The van der Waals surface area contributed by atoms with Gasteiger partial charge < -0.3 is 10.2 Å². The molecule has 8 heteroatoms. The van der Waals surface area contributed by atoms with Gasteiger partial charge in [0.2, 0.25) is 10.0 Å². The zero-order valence-corrected chi connectivity index (χ0v) is 13.8. The first-order valence-electron chi connectivity index (χ1n) is 6.40. The molecular weight excluding hydrogens is 362 g/mol. The minimum atomic E-state index is -3.90. The van der Waals surface area contributed by atoms with Crippen LogP contribution in [0.4, 0.5) is 0 Å². The quantitative estimate of drug-likeness (QED) is 0.723. The molecule has 1 fully saturated rings. The van der Waals surface area contributed by atoms with Gasteiger partial charge in [0.25, 0.3) is 0 Å². The first kappa shape index (κ1) is 16.4. The monoisotopic (exact) mass is 377 g/mol. The van der Waals surface area contributed by atoms with Crippen molar-refractivity contribution in [2.24, 2.45) is 0 Å². The second-order valence-electron chi connectivity index (χ2n) is 5.31. The number of nitrogens with one attached hydrogen (secondary N) is 1. The predicted octanol–water partition coefficient (Wildman–Crippen LogP) is 1.65. The van der Waals surface area contributed by atoms with Gasteiger partial charge in [0, 0.05) is 11.0 Å². The zero-order valence-electron chi connectivity index (χ0n) is 11.4. The summed E-state index contributed by atoms with van der Waals surface area (Å²) < 4.78 is 27.3. The van der Waals surface area contributed by atoms with Crippen LogP contribution in [0.2, 0.25) is 0 Å². The maximum Gasteiger partial charge on any atom is 0.335 e. The average molecular weight is 378 g/mol. The molecule has 0 aliphatic heterocycles. The van der Waals surface area contributed by atoms with Gasteiger partial charge in [-0.3, -0.25) is 0 Å². The lowest BCUT2D eigenvalue weighted by Crippen LogP contribution is -2.47. The Labute approximate surface area is 131 Å². The van der Waals surface area contributed by atoms with Gasteiger partial charge >= 0.3 is 5.97 Å². The third kappa shape index (κ3) is 3.45.